The molecule has 0 amide bonds. The van der Waals surface area contributed by atoms with Crippen LogP contribution in [-0.4, -0.2) is 17.1 Å². The van der Waals surface area contributed by atoms with Crippen molar-refractivity contribution in [2.24, 2.45) is 0 Å². The topological polar surface area (TPSA) is 36.9 Å². The first-order valence-electron chi connectivity index (χ1n) is 13.1. The van der Waals surface area contributed by atoms with Gasteiger partial charge >= 0.3 is 17.1 Å². The highest BCUT2D eigenvalue weighted by atomic mass is 28.4. The highest BCUT2D eigenvalue weighted by Crippen LogP contribution is 2.32. The van der Waals surface area contributed by atoms with E-state index in [1.807, 2.05) is 121 Å². The van der Waals surface area contributed by atoms with Gasteiger partial charge in [-0.2, -0.15) is 0 Å². The van der Waals surface area contributed by atoms with E-state index >= 15 is 0 Å². The van der Waals surface area contributed by atoms with Crippen LogP contribution in [0.15, 0.2) is 121 Å². The minimum absolute atomic E-state index is 0.830. The lowest BCUT2D eigenvalue weighted by Gasteiger charge is -2.34. The summed E-state index contributed by atoms with van der Waals surface area (Å²) >= 11 is 0. The third kappa shape index (κ3) is 7.75. The van der Waals surface area contributed by atoms with Crippen LogP contribution in [0.2, 0.25) is 24.2 Å². The van der Waals surface area contributed by atoms with Crippen molar-refractivity contribution < 1.29 is 17.7 Å². The van der Waals surface area contributed by atoms with Crippen LogP contribution in [0.5, 0.6) is 23.0 Å². The Morgan fingerprint density at radius 1 is 0.405 bits per heavy atom. The maximum atomic E-state index is 6.69. The largest absolute Gasteiger partial charge is 0.512 e. The van der Waals surface area contributed by atoms with Crippen molar-refractivity contribution in [1.29, 1.82) is 0 Å². The average Bonchev–Trinajstić information content (AvgIpc) is 2.95. The van der Waals surface area contributed by atoms with Crippen LogP contribution in [0, 0.1) is 0 Å². The van der Waals surface area contributed by atoms with E-state index in [0.717, 1.165) is 53.6 Å². The number of hydrogen-bond donors (Lipinski definition) is 0. The van der Waals surface area contributed by atoms with Crippen molar-refractivity contribution in [3.05, 3.63) is 121 Å². The first-order chi connectivity index (χ1) is 18.1. The zero-order valence-corrected chi connectivity index (χ0v) is 23.7. The highest BCUT2D eigenvalue weighted by molar-refractivity contribution is 6.70. The van der Waals surface area contributed by atoms with Crippen molar-refractivity contribution in [2.45, 2.75) is 44.4 Å². The molecule has 4 aromatic carbocycles. The van der Waals surface area contributed by atoms with Crippen molar-refractivity contribution in [2.75, 3.05) is 0 Å². The fourth-order valence-electron chi connectivity index (χ4n) is 4.33. The summed E-state index contributed by atoms with van der Waals surface area (Å²) in [5.41, 5.74) is 0. The number of rotatable bonds is 14. The Balaban J connectivity index is 1.56. The second kappa shape index (κ2) is 13.2. The SMILES string of the molecule is CC[Si](CCC[Si](CC)(Oc1ccccc1)Oc1ccccc1)(Oc1ccccc1)Oc1ccccc1. The molecule has 0 aliphatic heterocycles. The summed E-state index contributed by atoms with van der Waals surface area (Å²) in [5.74, 6) is 3.41. The molecule has 0 heterocycles. The second-order valence-corrected chi connectivity index (χ2v) is 15.9. The highest BCUT2D eigenvalue weighted by Gasteiger charge is 2.44. The van der Waals surface area contributed by atoms with E-state index in [9.17, 15) is 0 Å². The van der Waals surface area contributed by atoms with Crippen molar-refractivity contribution >= 4 is 17.1 Å². The third-order valence-electron chi connectivity index (χ3n) is 6.38. The molecular weight excluding hydrogens is 493 g/mol. The molecule has 0 aliphatic rings. The molecule has 4 aromatic rings. The molecule has 0 saturated heterocycles. The molecule has 0 aromatic heterocycles. The van der Waals surface area contributed by atoms with E-state index in [4.69, 9.17) is 17.7 Å². The van der Waals surface area contributed by atoms with Gasteiger partial charge in [-0.25, -0.2) is 0 Å². The lowest BCUT2D eigenvalue weighted by atomic mass is 10.3. The zero-order chi connectivity index (χ0) is 25.8. The van der Waals surface area contributed by atoms with Crippen LogP contribution in [-0.2, 0) is 0 Å². The lowest BCUT2D eigenvalue weighted by Crippen LogP contribution is -2.50. The lowest BCUT2D eigenvalue weighted by molar-refractivity contribution is 0.367. The van der Waals surface area contributed by atoms with Gasteiger partial charge in [0.15, 0.2) is 0 Å². The third-order valence-corrected chi connectivity index (χ3v) is 13.2. The van der Waals surface area contributed by atoms with E-state index in [1.54, 1.807) is 0 Å². The molecule has 37 heavy (non-hydrogen) atoms. The average molecular weight is 529 g/mol. The van der Waals surface area contributed by atoms with Crippen molar-refractivity contribution in [3.8, 4) is 23.0 Å². The summed E-state index contributed by atoms with van der Waals surface area (Å²) in [7, 11) is -5.27. The second-order valence-electron chi connectivity index (χ2n) is 9.04. The number of hydrogen-bond acceptors (Lipinski definition) is 4. The van der Waals surface area contributed by atoms with Crippen LogP contribution < -0.4 is 17.7 Å². The fourth-order valence-corrected chi connectivity index (χ4v) is 10.2. The monoisotopic (exact) mass is 528 g/mol. The molecule has 0 atom stereocenters. The van der Waals surface area contributed by atoms with Crippen LogP contribution in [0.3, 0.4) is 0 Å². The molecule has 192 valence electrons. The molecule has 0 N–H and O–H groups in total. The summed E-state index contributed by atoms with van der Waals surface area (Å²) < 4.78 is 26.8. The van der Waals surface area contributed by atoms with E-state index in [0.29, 0.717) is 0 Å². The van der Waals surface area contributed by atoms with E-state index in [1.165, 1.54) is 0 Å². The molecule has 0 unspecified atom stereocenters. The molecule has 0 fully saturated rings. The Hall–Kier alpha value is -3.49. The maximum absolute atomic E-state index is 6.69. The van der Waals surface area contributed by atoms with Crippen molar-refractivity contribution in [3.63, 3.8) is 0 Å². The van der Waals surface area contributed by atoms with Gasteiger partial charge in [0.2, 0.25) is 0 Å². The van der Waals surface area contributed by atoms with E-state index < -0.39 is 17.1 Å². The van der Waals surface area contributed by atoms with Gasteiger partial charge in [0, 0.05) is 24.2 Å². The molecule has 0 spiro atoms. The van der Waals surface area contributed by atoms with Gasteiger partial charge in [-0.3, -0.25) is 0 Å². The maximum Gasteiger partial charge on any atom is 0.460 e. The standard InChI is InChI=1S/C31H36O4Si2/c1-3-36(32-28-18-9-5-10-19-28,33-29-20-11-6-12-21-29)26-17-27-37(4-2,34-30-22-13-7-14-23-30)35-31-24-15-8-16-25-31/h5-16,18-25H,3-4,17,26-27H2,1-2H3. The molecule has 0 aliphatic carbocycles. The molecule has 4 nitrogen and oxygen atoms in total. The van der Waals surface area contributed by atoms with Crippen LogP contribution in [0.1, 0.15) is 20.3 Å². The Morgan fingerprint density at radius 3 is 0.865 bits per heavy atom. The number of para-hydroxylation sites is 4. The van der Waals surface area contributed by atoms with E-state index in [-0.39, 0.29) is 0 Å². The minimum atomic E-state index is -2.64. The fraction of sp³-hybridized carbons (Fsp3) is 0.226. The minimum Gasteiger partial charge on any atom is -0.512 e. The molecule has 0 saturated carbocycles. The molecular formula is C31H36O4Si2. The quantitative estimate of drug-likeness (QED) is 0.154. The van der Waals surface area contributed by atoms with Gasteiger partial charge in [0.05, 0.1) is 0 Å². The summed E-state index contributed by atoms with van der Waals surface area (Å²) in [6, 6.07) is 43.4. The predicted octanol–water partition coefficient (Wildman–Crippen LogP) is 8.62. The first-order valence-corrected chi connectivity index (χ1v) is 17.6. The van der Waals surface area contributed by atoms with Crippen LogP contribution >= 0.6 is 0 Å². The van der Waals surface area contributed by atoms with Crippen molar-refractivity contribution in [1.82, 2.24) is 0 Å². The van der Waals surface area contributed by atoms with Gasteiger partial charge in [-0.15, -0.1) is 0 Å². The Bertz CT molecular complexity index is 997. The predicted molar refractivity (Wildman–Crippen MR) is 155 cm³/mol. The van der Waals surface area contributed by atoms with E-state index in [2.05, 4.69) is 13.8 Å². The van der Waals surface area contributed by atoms with Crippen LogP contribution in [0.25, 0.3) is 0 Å². The Kier molecular flexibility index (Phi) is 9.46. The zero-order valence-electron chi connectivity index (χ0n) is 21.7. The van der Waals surface area contributed by atoms with Gasteiger partial charge in [-0.1, -0.05) is 86.6 Å². The summed E-state index contributed by atoms with van der Waals surface area (Å²) in [5, 5.41) is 0. The van der Waals surface area contributed by atoms with Crippen LogP contribution in [0.4, 0.5) is 0 Å². The van der Waals surface area contributed by atoms with Gasteiger partial charge in [-0.05, 0) is 55.0 Å². The Labute approximate surface area is 223 Å². The molecule has 0 bridgehead atoms. The molecule has 4 rings (SSSR count). The number of benzene rings is 4. The van der Waals surface area contributed by atoms with Gasteiger partial charge in [0.25, 0.3) is 0 Å². The van der Waals surface area contributed by atoms with Gasteiger partial charge < -0.3 is 17.7 Å². The normalized spacial score (nSPS) is 11.5. The summed E-state index contributed by atoms with van der Waals surface area (Å²) in [6.45, 7) is 4.34. The van der Waals surface area contributed by atoms with Gasteiger partial charge in [0.1, 0.15) is 23.0 Å². The summed E-state index contributed by atoms with van der Waals surface area (Å²) in [6.07, 6.45) is 0.888. The smallest absolute Gasteiger partial charge is 0.460 e. The Morgan fingerprint density at radius 2 is 0.649 bits per heavy atom. The molecule has 0 radical (unpaired) electrons. The summed E-state index contributed by atoms with van der Waals surface area (Å²) in [4.78, 5) is 0. The first kappa shape index (κ1) is 26.6. The molecule has 6 heteroatoms.